The third-order valence-corrected chi connectivity index (χ3v) is 4.11. The van der Waals surface area contributed by atoms with Gasteiger partial charge in [0.25, 0.3) is 0 Å². The number of epoxide rings is 1. The minimum atomic E-state index is -0.814. The monoisotopic (exact) mass is 260 g/mol. The van der Waals surface area contributed by atoms with E-state index in [0.717, 1.165) is 31.2 Å². The van der Waals surface area contributed by atoms with Gasteiger partial charge in [-0.2, -0.15) is 0 Å². The van der Waals surface area contributed by atoms with Crippen LogP contribution in [0.1, 0.15) is 43.2 Å². The molecule has 0 amide bonds. The van der Waals surface area contributed by atoms with Crippen molar-refractivity contribution in [3.05, 3.63) is 35.4 Å². The summed E-state index contributed by atoms with van der Waals surface area (Å²) in [4.78, 5) is 12.3. The Morgan fingerprint density at radius 3 is 2.42 bits per heavy atom. The van der Waals surface area contributed by atoms with Crippen LogP contribution in [-0.2, 0) is 19.9 Å². The first kappa shape index (κ1) is 12.7. The van der Waals surface area contributed by atoms with E-state index in [1.807, 2.05) is 31.2 Å². The van der Waals surface area contributed by atoms with Crippen molar-refractivity contribution in [2.45, 2.75) is 50.7 Å². The number of esters is 1. The lowest BCUT2D eigenvalue weighted by atomic mass is 9.96. The summed E-state index contributed by atoms with van der Waals surface area (Å²) in [6.07, 6.45) is 5.67. The zero-order valence-corrected chi connectivity index (χ0v) is 11.4. The normalized spacial score (nSPS) is 27.0. The van der Waals surface area contributed by atoms with E-state index < -0.39 is 5.60 Å². The fraction of sp³-hybridized carbons (Fsp3) is 0.562. The maximum atomic E-state index is 12.3. The van der Waals surface area contributed by atoms with Crippen LogP contribution in [0.25, 0.3) is 0 Å². The molecule has 2 fully saturated rings. The largest absolute Gasteiger partial charge is 0.460 e. The van der Waals surface area contributed by atoms with Gasteiger partial charge in [-0.3, -0.25) is 0 Å². The fourth-order valence-corrected chi connectivity index (χ4v) is 2.73. The number of carbonyl (C=O) groups is 1. The molecule has 1 saturated heterocycles. The second-order valence-electron chi connectivity index (χ2n) is 5.65. The lowest BCUT2D eigenvalue weighted by Crippen LogP contribution is -2.30. The molecular weight excluding hydrogens is 240 g/mol. The number of hydrogen-bond acceptors (Lipinski definition) is 3. The van der Waals surface area contributed by atoms with Gasteiger partial charge >= 0.3 is 5.97 Å². The predicted octanol–water partition coefficient (Wildman–Crippen LogP) is 3.10. The van der Waals surface area contributed by atoms with E-state index in [4.69, 9.17) is 9.47 Å². The summed E-state index contributed by atoms with van der Waals surface area (Å²) in [5.41, 5.74) is 1.28. The Hall–Kier alpha value is -1.35. The Kier molecular flexibility index (Phi) is 3.31. The second kappa shape index (κ2) is 4.97. The molecule has 2 aliphatic rings. The number of ether oxygens (including phenoxy) is 2. The Balaban J connectivity index is 1.70. The molecule has 0 N–H and O–H groups in total. The average Bonchev–Trinajstić information content (AvgIpc) is 3.22. The quantitative estimate of drug-likeness (QED) is 0.619. The van der Waals surface area contributed by atoms with Crippen molar-refractivity contribution < 1.29 is 14.3 Å². The van der Waals surface area contributed by atoms with Crippen molar-refractivity contribution in [1.29, 1.82) is 0 Å². The lowest BCUT2D eigenvalue weighted by Gasteiger charge is -2.23. The summed E-state index contributed by atoms with van der Waals surface area (Å²) in [6.45, 7) is 2.48. The van der Waals surface area contributed by atoms with Crippen LogP contribution in [0.5, 0.6) is 0 Å². The molecule has 102 valence electrons. The van der Waals surface area contributed by atoms with Crippen LogP contribution in [0.3, 0.4) is 0 Å². The predicted molar refractivity (Wildman–Crippen MR) is 71.8 cm³/mol. The Morgan fingerprint density at radius 2 is 1.84 bits per heavy atom. The van der Waals surface area contributed by atoms with E-state index in [1.54, 1.807) is 0 Å². The molecular formula is C16H20O3. The number of carbonyl (C=O) groups excluding carboxylic acids is 1. The van der Waals surface area contributed by atoms with E-state index >= 15 is 0 Å². The van der Waals surface area contributed by atoms with Crippen molar-refractivity contribution in [2.24, 2.45) is 0 Å². The zero-order valence-electron chi connectivity index (χ0n) is 11.4. The standard InChI is InChI=1S/C16H20O3/c1-12-7-9-13(10-8-12)16(11-18-16)15(17)19-14-5-3-2-4-6-14/h7-10,14H,2-6,11H2,1H3. The molecule has 1 unspecified atom stereocenters. The molecule has 0 aromatic heterocycles. The van der Waals surface area contributed by atoms with Gasteiger partial charge in [-0.05, 0) is 38.2 Å². The first-order chi connectivity index (χ1) is 9.21. The van der Waals surface area contributed by atoms with Gasteiger partial charge in [0.1, 0.15) is 6.10 Å². The molecule has 1 atom stereocenters. The van der Waals surface area contributed by atoms with Crippen LogP contribution in [0.2, 0.25) is 0 Å². The smallest absolute Gasteiger partial charge is 0.345 e. The molecule has 3 rings (SSSR count). The van der Waals surface area contributed by atoms with E-state index in [-0.39, 0.29) is 12.1 Å². The minimum absolute atomic E-state index is 0.0905. The van der Waals surface area contributed by atoms with Crippen LogP contribution < -0.4 is 0 Å². The topological polar surface area (TPSA) is 38.8 Å². The summed E-state index contributed by atoms with van der Waals surface area (Å²) in [5.74, 6) is -0.205. The van der Waals surface area contributed by atoms with Crippen molar-refractivity contribution in [1.82, 2.24) is 0 Å². The highest BCUT2D eigenvalue weighted by Crippen LogP contribution is 2.41. The van der Waals surface area contributed by atoms with Gasteiger partial charge in [0, 0.05) is 0 Å². The van der Waals surface area contributed by atoms with Gasteiger partial charge < -0.3 is 9.47 Å². The highest BCUT2D eigenvalue weighted by molar-refractivity contribution is 5.84. The number of benzene rings is 1. The summed E-state index contributed by atoms with van der Waals surface area (Å²) in [6, 6.07) is 7.94. The van der Waals surface area contributed by atoms with E-state index in [2.05, 4.69) is 0 Å². The first-order valence-electron chi connectivity index (χ1n) is 7.13. The molecule has 3 nitrogen and oxygen atoms in total. The molecule has 1 heterocycles. The maximum absolute atomic E-state index is 12.3. The summed E-state index contributed by atoms with van der Waals surface area (Å²) in [5, 5.41) is 0. The molecule has 1 aromatic carbocycles. The maximum Gasteiger partial charge on any atom is 0.345 e. The summed E-state index contributed by atoms with van der Waals surface area (Å²) < 4.78 is 11.1. The van der Waals surface area contributed by atoms with E-state index in [0.29, 0.717) is 6.61 Å². The third-order valence-electron chi connectivity index (χ3n) is 4.11. The summed E-state index contributed by atoms with van der Waals surface area (Å²) >= 11 is 0. The van der Waals surface area contributed by atoms with Gasteiger partial charge in [0.15, 0.2) is 0 Å². The number of aryl methyl sites for hydroxylation is 1. The van der Waals surface area contributed by atoms with Crippen molar-refractivity contribution in [2.75, 3.05) is 6.61 Å². The van der Waals surface area contributed by atoms with E-state index in [1.165, 1.54) is 12.0 Å². The molecule has 19 heavy (non-hydrogen) atoms. The molecule has 0 radical (unpaired) electrons. The van der Waals surface area contributed by atoms with Gasteiger partial charge in [-0.1, -0.05) is 36.2 Å². The molecule has 1 aliphatic heterocycles. The molecule has 1 saturated carbocycles. The number of rotatable bonds is 3. The van der Waals surface area contributed by atoms with Crippen LogP contribution >= 0.6 is 0 Å². The Bertz CT molecular complexity index is 453. The lowest BCUT2D eigenvalue weighted by molar-refractivity contribution is -0.157. The van der Waals surface area contributed by atoms with Crippen LogP contribution in [0.4, 0.5) is 0 Å². The van der Waals surface area contributed by atoms with Crippen LogP contribution in [0.15, 0.2) is 24.3 Å². The summed E-state index contributed by atoms with van der Waals surface area (Å²) in [7, 11) is 0. The van der Waals surface area contributed by atoms with Crippen LogP contribution in [0, 0.1) is 6.92 Å². The second-order valence-corrected chi connectivity index (χ2v) is 5.65. The number of hydrogen-bond donors (Lipinski definition) is 0. The first-order valence-corrected chi connectivity index (χ1v) is 7.13. The minimum Gasteiger partial charge on any atom is -0.460 e. The average molecular weight is 260 g/mol. The Morgan fingerprint density at radius 1 is 1.21 bits per heavy atom. The molecule has 0 spiro atoms. The van der Waals surface area contributed by atoms with E-state index in [9.17, 15) is 4.79 Å². The SMILES string of the molecule is Cc1ccc(C2(C(=O)OC3CCCCC3)CO2)cc1. The van der Waals surface area contributed by atoms with Crippen LogP contribution in [-0.4, -0.2) is 18.7 Å². The third kappa shape index (κ3) is 2.52. The van der Waals surface area contributed by atoms with Gasteiger partial charge in [0.05, 0.1) is 6.61 Å². The molecule has 0 bridgehead atoms. The Labute approximate surface area is 113 Å². The molecule has 1 aliphatic carbocycles. The zero-order chi connectivity index (χ0) is 13.3. The highest BCUT2D eigenvalue weighted by Gasteiger charge is 2.56. The highest BCUT2D eigenvalue weighted by atomic mass is 16.6. The van der Waals surface area contributed by atoms with Gasteiger partial charge in [0.2, 0.25) is 5.60 Å². The van der Waals surface area contributed by atoms with Crippen molar-refractivity contribution in [3.8, 4) is 0 Å². The van der Waals surface area contributed by atoms with Crippen molar-refractivity contribution in [3.63, 3.8) is 0 Å². The van der Waals surface area contributed by atoms with Gasteiger partial charge in [-0.15, -0.1) is 0 Å². The van der Waals surface area contributed by atoms with Gasteiger partial charge in [-0.25, -0.2) is 4.79 Å². The molecule has 1 aromatic rings. The fourth-order valence-electron chi connectivity index (χ4n) is 2.73. The molecule has 3 heteroatoms. The van der Waals surface area contributed by atoms with Crippen molar-refractivity contribution >= 4 is 5.97 Å².